The molecule has 0 aliphatic heterocycles. The number of fused-ring (bicyclic) bond motifs is 3. The first-order chi connectivity index (χ1) is 13.6. The Kier molecular flexibility index (Phi) is 6.23. The minimum absolute atomic E-state index is 0.0518. The van der Waals surface area contributed by atoms with Crippen LogP contribution in [-0.4, -0.2) is 37.9 Å². The van der Waals surface area contributed by atoms with Crippen molar-refractivity contribution in [1.82, 2.24) is 10.6 Å². The molecule has 2 aromatic carbocycles. The van der Waals surface area contributed by atoms with Crippen LogP contribution < -0.4 is 10.6 Å². The van der Waals surface area contributed by atoms with Crippen molar-refractivity contribution in [1.29, 1.82) is 0 Å². The predicted molar refractivity (Wildman–Crippen MR) is 98.9 cm³/mol. The molecule has 0 heterocycles. The standard InChI is InChI=1S/C20H20N2O6/c1-13(23)28-27-12-22-19(24)10-21-20(25)26-11-18-16-8-4-2-6-14(16)15-7-3-5-9-17(15)18/h2-9,18H,10-12H2,1H3,(H,21,25)(H,22,24). The van der Waals surface area contributed by atoms with Gasteiger partial charge in [-0.15, -0.1) is 0 Å². The van der Waals surface area contributed by atoms with E-state index in [1.807, 2.05) is 36.4 Å². The summed E-state index contributed by atoms with van der Waals surface area (Å²) >= 11 is 0. The van der Waals surface area contributed by atoms with Crippen LogP contribution in [0.15, 0.2) is 48.5 Å². The van der Waals surface area contributed by atoms with Crippen molar-refractivity contribution in [2.24, 2.45) is 0 Å². The maximum Gasteiger partial charge on any atom is 0.407 e. The van der Waals surface area contributed by atoms with Crippen molar-refractivity contribution >= 4 is 18.0 Å². The summed E-state index contributed by atoms with van der Waals surface area (Å²) in [5.41, 5.74) is 4.49. The smallest absolute Gasteiger partial charge is 0.407 e. The summed E-state index contributed by atoms with van der Waals surface area (Å²) in [4.78, 5) is 42.7. The fourth-order valence-electron chi connectivity index (χ4n) is 3.09. The maximum absolute atomic E-state index is 11.9. The topological polar surface area (TPSA) is 103 Å². The van der Waals surface area contributed by atoms with E-state index in [0.29, 0.717) is 0 Å². The summed E-state index contributed by atoms with van der Waals surface area (Å²) < 4.78 is 5.32. The molecular formula is C20H20N2O6. The van der Waals surface area contributed by atoms with E-state index in [1.54, 1.807) is 0 Å². The lowest BCUT2D eigenvalue weighted by atomic mass is 9.98. The molecule has 1 aliphatic carbocycles. The average molecular weight is 384 g/mol. The van der Waals surface area contributed by atoms with Gasteiger partial charge in [-0.25, -0.2) is 9.59 Å². The molecule has 3 rings (SSSR count). The summed E-state index contributed by atoms with van der Waals surface area (Å²) in [6.45, 7) is 0.725. The summed E-state index contributed by atoms with van der Waals surface area (Å²) in [5, 5.41) is 4.68. The highest BCUT2D eigenvalue weighted by molar-refractivity contribution is 5.82. The van der Waals surface area contributed by atoms with Crippen molar-refractivity contribution < 1.29 is 28.9 Å². The molecule has 0 unspecified atom stereocenters. The fraction of sp³-hybridized carbons (Fsp3) is 0.250. The Labute approximate surface area is 161 Å². The number of benzene rings is 2. The monoisotopic (exact) mass is 384 g/mol. The zero-order valence-electron chi connectivity index (χ0n) is 15.3. The van der Waals surface area contributed by atoms with E-state index in [4.69, 9.17) is 4.74 Å². The molecule has 0 atom stereocenters. The Bertz CT molecular complexity index is 837. The van der Waals surface area contributed by atoms with E-state index in [-0.39, 0.29) is 25.8 Å². The third-order valence-corrected chi connectivity index (χ3v) is 4.24. The molecule has 1 aliphatic rings. The maximum atomic E-state index is 11.9. The largest absolute Gasteiger partial charge is 0.449 e. The van der Waals surface area contributed by atoms with Crippen LogP contribution in [0.3, 0.4) is 0 Å². The van der Waals surface area contributed by atoms with E-state index in [1.165, 1.54) is 6.92 Å². The Balaban J connectivity index is 1.47. The van der Waals surface area contributed by atoms with Gasteiger partial charge in [0.15, 0.2) is 6.73 Å². The zero-order valence-corrected chi connectivity index (χ0v) is 15.3. The molecule has 8 heteroatoms. The molecule has 0 radical (unpaired) electrons. The summed E-state index contributed by atoms with van der Waals surface area (Å²) in [5.74, 6) is -1.20. The van der Waals surface area contributed by atoms with Crippen LogP contribution in [0, 0.1) is 0 Å². The summed E-state index contributed by atoms with van der Waals surface area (Å²) in [6, 6.07) is 16.0. The van der Waals surface area contributed by atoms with Gasteiger partial charge < -0.3 is 15.4 Å². The minimum Gasteiger partial charge on any atom is -0.449 e. The highest BCUT2D eigenvalue weighted by Crippen LogP contribution is 2.44. The predicted octanol–water partition coefficient (Wildman–Crippen LogP) is 2.09. The van der Waals surface area contributed by atoms with Crippen molar-refractivity contribution in [2.75, 3.05) is 19.9 Å². The van der Waals surface area contributed by atoms with Crippen LogP contribution in [0.1, 0.15) is 24.0 Å². The molecule has 146 valence electrons. The molecule has 0 fully saturated rings. The third kappa shape index (κ3) is 4.66. The average Bonchev–Trinajstić information content (AvgIpc) is 3.02. The van der Waals surface area contributed by atoms with Crippen LogP contribution in [0.25, 0.3) is 11.1 Å². The quantitative estimate of drug-likeness (QED) is 0.328. The lowest BCUT2D eigenvalue weighted by Gasteiger charge is -2.14. The Morgan fingerprint density at radius 3 is 2.14 bits per heavy atom. The number of alkyl carbamates (subject to hydrolysis) is 1. The molecule has 0 saturated carbocycles. The number of rotatable bonds is 7. The van der Waals surface area contributed by atoms with Gasteiger partial charge in [0.1, 0.15) is 13.2 Å². The van der Waals surface area contributed by atoms with E-state index in [9.17, 15) is 14.4 Å². The van der Waals surface area contributed by atoms with Gasteiger partial charge in [-0.3, -0.25) is 9.68 Å². The molecule has 2 aromatic rings. The molecule has 0 spiro atoms. The lowest BCUT2D eigenvalue weighted by Crippen LogP contribution is -2.38. The molecule has 2 N–H and O–H groups in total. The van der Waals surface area contributed by atoms with Crippen LogP contribution in [0.2, 0.25) is 0 Å². The highest BCUT2D eigenvalue weighted by Gasteiger charge is 2.28. The number of nitrogens with one attached hydrogen (secondary N) is 2. The highest BCUT2D eigenvalue weighted by atomic mass is 17.2. The number of hydrogen-bond donors (Lipinski definition) is 2. The van der Waals surface area contributed by atoms with Gasteiger partial charge in [0.2, 0.25) is 5.91 Å². The number of amides is 2. The summed E-state index contributed by atoms with van der Waals surface area (Å²) in [6.07, 6.45) is -0.696. The van der Waals surface area contributed by atoms with Crippen molar-refractivity contribution in [3.8, 4) is 11.1 Å². The second-order valence-corrected chi connectivity index (χ2v) is 6.12. The van der Waals surface area contributed by atoms with Gasteiger partial charge in [-0.1, -0.05) is 48.5 Å². The van der Waals surface area contributed by atoms with Crippen molar-refractivity contribution in [3.05, 3.63) is 59.7 Å². The van der Waals surface area contributed by atoms with Crippen LogP contribution in [-0.2, 0) is 24.1 Å². The van der Waals surface area contributed by atoms with Crippen molar-refractivity contribution in [2.45, 2.75) is 12.8 Å². The van der Waals surface area contributed by atoms with Gasteiger partial charge in [-0.2, -0.15) is 4.89 Å². The van der Waals surface area contributed by atoms with Gasteiger partial charge in [0.25, 0.3) is 0 Å². The van der Waals surface area contributed by atoms with Crippen molar-refractivity contribution in [3.63, 3.8) is 0 Å². The number of hydrogen-bond acceptors (Lipinski definition) is 6. The Morgan fingerprint density at radius 1 is 0.929 bits per heavy atom. The first kappa shape index (κ1) is 19.4. The lowest BCUT2D eigenvalue weighted by molar-refractivity contribution is -0.273. The molecule has 0 saturated heterocycles. The van der Waals surface area contributed by atoms with Gasteiger partial charge in [-0.05, 0) is 22.3 Å². The normalized spacial score (nSPS) is 11.9. The first-order valence-electron chi connectivity index (χ1n) is 8.72. The number of carbonyl (C=O) groups excluding carboxylic acids is 3. The van der Waals surface area contributed by atoms with Crippen LogP contribution in [0.4, 0.5) is 4.79 Å². The zero-order chi connectivity index (χ0) is 19.9. The minimum atomic E-state index is -0.696. The molecule has 0 aromatic heterocycles. The molecular weight excluding hydrogens is 364 g/mol. The molecule has 8 nitrogen and oxygen atoms in total. The van der Waals surface area contributed by atoms with Gasteiger partial charge in [0, 0.05) is 12.8 Å². The molecule has 2 amide bonds. The third-order valence-electron chi connectivity index (χ3n) is 4.24. The summed E-state index contributed by atoms with van der Waals surface area (Å²) in [7, 11) is 0. The second kappa shape index (κ2) is 9.01. The van der Waals surface area contributed by atoms with E-state index in [0.717, 1.165) is 22.3 Å². The number of ether oxygens (including phenoxy) is 1. The van der Waals surface area contributed by atoms with E-state index < -0.39 is 18.0 Å². The fourth-order valence-corrected chi connectivity index (χ4v) is 3.09. The molecule has 0 bridgehead atoms. The molecule has 28 heavy (non-hydrogen) atoms. The first-order valence-corrected chi connectivity index (χ1v) is 8.72. The second-order valence-electron chi connectivity index (χ2n) is 6.12. The van der Waals surface area contributed by atoms with Crippen LogP contribution >= 0.6 is 0 Å². The van der Waals surface area contributed by atoms with Gasteiger partial charge in [0.05, 0.1) is 0 Å². The van der Waals surface area contributed by atoms with Crippen LogP contribution in [0.5, 0.6) is 0 Å². The Hall–Kier alpha value is -3.39. The van der Waals surface area contributed by atoms with Gasteiger partial charge >= 0.3 is 12.1 Å². The van der Waals surface area contributed by atoms with E-state index in [2.05, 4.69) is 32.5 Å². The SMILES string of the molecule is CC(=O)OOCNC(=O)CNC(=O)OCC1c2ccccc2-c2ccccc21. The Morgan fingerprint density at radius 2 is 1.54 bits per heavy atom. The number of carbonyl (C=O) groups is 3. The van der Waals surface area contributed by atoms with E-state index >= 15 is 0 Å².